The fraction of sp³-hybridized carbons (Fsp3) is 0.417. The number of rotatable bonds is 7. The van der Waals surface area contributed by atoms with Gasteiger partial charge in [-0.2, -0.15) is 4.98 Å². The molecule has 8 heteroatoms. The summed E-state index contributed by atoms with van der Waals surface area (Å²) in [5.74, 6) is 1.84. The van der Waals surface area contributed by atoms with Crippen molar-refractivity contribution in [1.82, 2.24) is 15.1 Å². The van der Waals surface area contributed by atoms with E-state index in [-0.39, 0.29) is 0 Å². The SMILES string of the molecule is CCCNc1nc(NCCc2ncon2)c(Cl)cc1Cl. The number of anilines is 2. The zero-order valence-corrected chi connectivity index (χ0v) is 12.5. The maximum Gasteiger partial charge on any atom is 0.213 e. The van der Waals surface area contributed by atoms with Crippen molar-refractivity contribution in [1.29, 1.82) is 0 Å². The maximum absolute atomic E-state index is 6.11. The first-order valence-electron chi connectivity index (χ1n) is 6.29. The molecule has 0 saturated heterocycles. The van der Waals surface area contributed by atoms with Gasteiger partial charge in [0.1, 0.15) is 11.6 Å². The number of pyridine rings is 1. The summed E-state index contributed by atoms with van der Waals surface area (Å²) < 4.78 is 4.66. The van der Waals surface area contributed by atoms with Crippen LogP contribution in [0.25, 0.3) is 0 Å². The lowest BCUT2D eigenvalue weighted by Crippen LogP contribution is -2.10. The summed E-state index contributed by atoms with van der Waals surface area (Å²) >= 11 is 12.2. The third-order valence-corrected chi connectivity index (χ3v) is 3.10. The first-order valence-corrected chi connectivity index (χ1v) is 7.05. The smallest absolute Gasteiger partial charge is 0.213 e. The lowest BCUT2D eigenvalue weighted by atomic mass is 10.3. The minimum absolute atomic E-state index is 0.477. The molecule has 2 aromatic heterocycles. The highest BCUT2D eigenvalue weighted by Gasteiger charge is 2.09. The van der Waals surface area contributed by atoms with Gasteiger partial charge in [0, 0.05) is 19.5 Å². The topological polar surface area (TPSA) is 75.9 Å². The molecule has 0 aliphatic carbocycles. The third-order valence-electron chi connectivity index (χ3n) is 2.52. The molecule has 0 atom stereocenters. The van der Waals surface area contributed by atoms with E-state index < -0.39 is 0 Å². The van der Waals surface area contributed by atoms with Crippen LogP contribution in [-0.4, -0.2) is 28.2 Å². The first-order chi connectivity index (χ1) is 9.70. The van der Waals surface area contributed by atoms with Crippen molar-refractivity contribution in [2.45, 2.75) is 19.8 Å². The molecule has 0 radical (unpaired) electrons. The number of nitrogens with one attached hydrogen (secondary N) is 2. The normalized spacial score (nSPS) is 10.6. The average molecular weight is 316 g/mol. The summed E-state index contributed by atoms with van der Waals surface area (Å²) in [6.07, 6.45) is 2.91. The van der Waals surface area contributed by atoms with Crippen molar-refractivity contribution in [2.75, 3.05) is 23.7 Å². The van der Waals surface area contributed by atoms with Gasteiger partial charge in [-0.25, -0.2) is 4.98 Å². The fourth-order valence-electron chi connectivity index (χ4n) is 1.55. The van der Waals surface area contributed by atoms with E-state index in [2.05, 4.69) is 37.2 Å². The Morgan fingerprint density at radius 3 is 2.45 bits per heavy atom. The molecule has 2 rings (SSSR count). The van der Waals surface area contributed by atoms with Crippen molar-refractivity contribution in [3.05, 3.63) is 28.3 Å². The number of nitrogens with zero attached hydrogens (tertiary/aromatic N) is 3. The van der Waals surface area contributed by atoms with Crippen LogP contribution in [0, 0.1) is 0 Å². The molecular formula is C12H15Cl2N5O. The molecule has 0 aliphatic rings. The van der Waals surface area contributed by atoms with Crippen molar-refractivity contribution in [3.8, 4) is 0 Å². The van der Waals surface area contributed by atoms with E-state index in [4.69, 9.17) is 23.2 Å². The predicted octanol–water partition coefficient (Wildman–Crippen LogP) is 3.25. The van der Waals surface area contributed by atoms with E-state index in [1.54, 1.807) is 6.07 Å². The molecule has 0 unspecified atom stereocenters. The predicted molar refractivity (Wildman–Crippen MR) is 79.5 cm³/mol. The molecule has 2 N–H and O–H groups in total. The Morgan fingerprint density at radius 2 is 1.85 bits per heavy atom. The van der Waals surface area contributed by atoms with Crippen molar-refractivity contribution >= 4 is 34.8 Å². The molecule has 20 heavy (non-hydrogen) atoms. The minimum Gasteiger partial charge on any atom is -0.369 e. The second kappa shape index (κ2) is 7.31. The van der Waals surface area contributed by atoms with Crippen LogP contribution in [0.15, 0.2) is 17.0 Å². The van der Waals surface area contributed by atoms with Crippen LogP contribution in [0.4, 0.5) is 11.6 Å². The lowest BCUT2D eigenvalue weighted by molar-refractivity contribution is 0.410. The summed E-state index contributed by atoms with van der Waals surface area (Å²) in [6, 6.07) is 1.67. The molecule has 0 spiro atoms. The molecule has 6 nitrogen and oxygen atoms in total. The van der Waals surface area contributed by atoms with Gasteiger partial charge in [0.15, 0.2) is 5.82 Å². The third kappa shape index (κ3) is 3.98. The number of hydrogen-bond donors (Lipinski definition) is 2. The molecule has 108 valence electrons. The van der Waals surface area contributed by atoms with Gasteiger partial charge in [0.2, 0.25) is 6.39 Å². The molecular weight excluding hydrogens is 301 g/mol. The quantitative estimate of drug-likeness (QED) is 0.816. The highest BCUT2D eigenvalue weighted by atomic mass is 35.5. The molecule has 0 aliphatic heterocycles. The molecule has 2 heterocycles. The first kappa shape index (κ1) is 14.9. The standard InChI is InChI=1S/C12H15Cl2N5O/c1-2-4-15-11-8(13)6-9(14)12(18-11)16-5-3-10-17-7-20-19-10/h6-7H,2-5H2,1H3,(H2,15,16,18). The number of hydrogen-bond acceptors (Lipinski definition) is 6. The lowest BCUT2D eigenvalue weighted by Gasteiger charge is -2.11. The number of halogens is 2. The number of aromatic nitrogens is 3. The molecule has 0 aromatic carbocycles. The summed E-state index contributed by atoms with van der Waals surface area (Å²) in [6.45, 7) is 3.47. The highest BCUT2D eigenvalue weighted by molar-refractivity contribution is 6.37. The van der Waals surface area contributed by atoms with E-state index >= 15 is 0 Å². The van der Waals surface area contributed by atoms with E-state index in [9.17, 15) is 0 Å². The van der Waals surface area contributed by atoms with Gasteiger partial charge < -0.3 is 15.2 Å². The largest absolute Gasteiger partial charge is 0.369 e. The van der Waals surface area contributed by atoms with E-state index in [0.717, 1.165) is 13.0 Å². The van der Waals surface area contributed by atoms with Gasteiger partial charge in [-0.15, -0.1) is 0 Å². The fourth-order valence-corrected chi connectivity index (χ4v) is 2.05. The molecule has 0 bridgehead atoms. The maximum atomic E-state index is 6.11. The van der Waals surface area contributed by atoms with Crippen LogP contribution in [0.2, 0.25) is 10.0 Å². The molecule has 0 amide bonds. The van der Waals surface area contributed by atoms with Crippen molar-refractivity contribution in [2.24, 2.45) is 0 Å². The second-order valence-corrected chi connectivity index (χ2v) is 4.91. The zero-order valence-electron chi connectivity index (χ0n) is 11.0. The van der Waals surface area contributed by atoms with Gasteiger partial charge in [-0.1, -0.05) is 35.3 Å². The summed E-state index contributed by atoms with van der Waals surface area (Å²) in [4.78, 5) is 8.32. The monoisotopic (exact) mass is 315 g/mol. The van der Waals surface area contributed by atoms with Crippen LogP contribution >= 0.6 is 23.2 Å². The highest BCUT2D eigenvalue weighted by Crippen LogP contribution is 2.29. The summed E-state index contributed by atoms with van der Waals surface area (Å²) in [5.41, 5.74) is 0. The minimum atomic E-state index is 0.477. The summed E-state index contributed by atoms with van der Waals surface area (Å²) in [7, 11) is 0. The average Bonchev–Trinajstić information content (AvgIpc) is 2.93. The van der Waals surface area contributed by atoms with Crippen LogP contribution in [-0.2, 0) is 6.42 Å². The Balaban J connectivity index is 1.99. The van der Waals surface area contributed by atoms with Gasteiger partial charge in [0.25, 0.3) is 0 Å². The van der Waals surface area contributed by atoms with E-state index in [1.807, 2.05) is 0 Å². The molecule has 0 saturated carbocycles. The van der Waals surface area contributed by atoms with Crippen LogP contribution < -0.4 is 10.6 Å². The summed E-state index contributed by atoms with van der Waals surface area (Å²) in [5, 5.41) is 11.0. The Kier molecular flexibility index (Phi) is 5.43. The van der Waals surface area contributed by atoms with Crippen molar-refractivity contribution in [3.63, 3.8) is 0 Å². The van der Waals surface area contributed by atoms with Crippen molar-refractivity contribution < 1.29 is 4.52 Å². The van der Waals surface area contributed by atoms with Crippen LogP contribution in [0.5, 0.6) is 0 Å². The Morgan fingerprint density at radius 1 is 1.15 bits per heavy atom. The Labute approximate surface area is 126 Å². The van der Waals surface area contributed by atoms with E-state index in [1.165, 1.54) is 6.39 Å². The molecule has 0 fully saturated rings. The van der Waals surface area contributed by atoms with Crippen LogP contribution in [0.3, 0.4) is 0 Å². The van der Waals surface area contributed by atoms with Gasteiger partial charge in [0.05, 0.1) is 10.0 Å². The Bertz CT molecular complexity index is 547. The second-order valence-electron chi connectivity index (χ2n) is 4.10. The van der Waals surface area contributed by atoms with Gasteiger partial charge in [-0.3, -0.25) is 0 Å². The zero-order chi connectivity index (χ0) is 14.4. The van der Waals surface area contributed by atoms with E-state index in [0.29, 0.717) is 40.5 Å². The van der Waals surface area contributed by atoms with Crippen LogP contribution in [0.1, 0.15) is 19.2 Å². The molecule has 2 aromatic rings. The van der Waals surface area contributed by atoms with Gasteiger partial charge in [-0.05, 0) is 12.5 Å². The van der Waals surface area contributed by atoms with Gasteiger partial charge >= 0.3 is 0 Å². The Hall–Kier alpha value is -1.53.